The van der Waals surface area contributed by atoms with Gasteiger partial charge in [-0.25, -0.2) is 23.9 Å². The Morgan fingerprint density at radius 2 is 1.67 bits per heavy atom. The van der Waals surface area contributed by atoms with Crippen molar-refractivity contribution >= 4 is 28.8 Å². The molecule has 0 unspecified atom stereocenters. The number of likely N-dealkylation sites (tertiary alicyclic amines) is 1. The van der Waals surface area contributed by atoms with Gasteiger partial charge in [0.2, 0.25) is 11.8 Å². The summed E-state index contributed by atoms with van der Waals surface area (Å²) in [6.07, 6.45) is 22.1. The summed E-state index contributed by atoms with van der Waals surface area (Å²) in [5.41, 5.74) is 5.43. The highest BCUT2D eigenvalue weighted by atomic mass is 19.1. The van der Waals surface area contributed by atoms with Crippen LogP contribution in [0.15, 0.2) is 79.8 Å². The van der Waals surface area contributed by atoms with Crippen molar-refractivity contribution in [2.24, 2.45) is 0 Å². The average Bonchev–Trinajstić information content (AvgIpc) is 4.01. The molecule has 10 rings (SSSR count). The van der Waals surface area contributed by atoms with E-state index in [2.05, 4.69) is 71.5 Å². The van der Waals surface area contributed by atoms with Crippen LogP contribution >= 0.6 is 0 Å². The third-order valence-electron chi connectivity index (χ3n) is 14.4. The van der Waals surface area contributed by atoms with Crippen LogP contribution in [0.3, 0.4) is 0 Å². The second kappa shape index (κ2) is 17.5. The number of benzene rings is 1. The molecular formula is C48H52FN13O2. The third kappa shape index (κ3) is 7.97. The molecule has 6 aromatic rings. The first-order chi connectivity index (χ1) is 31.3. The standard InChI is InChI=1S/C48H52FN13O2/c1-2-48(47-52-18-3-19-53-47)16-23-60(24-17-48)41-12-10-38(44-45-32(27-50)28-54-61(45)25-20-51-44)43(57-41)33-29-55-62(30-33)36-7-5-35(6-8-36)59-21-14-31(15-22-59)37-9-4-34(26-39(37)49)56-40-11-13-42(63)58-46(40)64/h3-4,9-10,12,18-20,25-26,28-31,35-36,40,56H,2,5-8,11,13-17,21-24H2,1H3,(H,58,63,64)/t35?,36?,40-/m0/s1. The topological polar surface area (TPSA) is 175 Å². The lowest BCUT2D eigenvalue weighted by atomic mass is 9.75. The van der Waals surface area contributed by atoms with E-state index in [-0.39, 0.29) is 41.4 Å². The molecule has 2 N–H and O–H groups in total. The second-order valence-corrected chi connectivity index (χ2v) is 17.9. The number of nitriles is 1. The first-order valence-corrected chi connectivity index (χ1v) is 22.7. The van der Waals surface area contributed by atoms with Gasteiger partial charge in [0.25, 0.3) is 0 Å². The van der Waals surface area contributed by atoms with Gasteiger partial charge in [0.15, 0.2) is 0 Å². The minimum absolute atomic E-state index is 0.0692. The minimum Gasteiger partial charge on any atom is -0.374 e. The van der Waals surface area contributed by atoms with Gasteiger partial charge in [-0.1, -0.05) is 13.0 Å². The summed E-state index contributed by atoms with van der Waals surface area (Å²) in [6, 6.07) is 13.7. The Balaban J connectivity index is 0.818. The van der Waals surface area contributed by atoms with E-state index in [1.165, 1.54) is 6.07 Å². The van der Waals surface area contributed by atoms with Crippen molar-refractivity contribution < 1.29 is 14.0 Å². The van der Waals surface area contributed by atoms with Crippen LogP contribution in [0.5, 0.6) is 0 Å². The number of halogens is 1. The lowest BCUT2D eigenvalue weighted by molar-refractivity contribution is -0.133. The summed E-state index contributed by atoms with van der Waals surface area (Å²) >= 11 is 0. The van der Waals surface area contributed by atoms with Crippen molar-refractivity contribution in [2.75, 3.05) is 36.4 Å². The fourth-order valence-electron chi connectivity index (χ4n) is 10.6. The molecule has 4 fully saturated rings. The number of imide groups is 1. The molecule has 4 aliphatic rings. The summed E-state index contributed by atoms with van der Waals surface area (Å²) < 4.78 is 19.3. The van der Waals surface area contributed by atoms with Gasteiger partial charge in [-0.3, -0.25) is 24.6 Å². The smallest absolute Gasteiger partial charge is 0.249 e. The van der Waals surface area contributed by atoms with Gasteiger partial charge in [-0.15, -0.1) is 0 Å². The Morgan fingerprint density at radius 3 is 2.41 bits per heavy atom. The number of hydrogen-bond acceptors (Lipinski definition) is 12. The second-order valence-electron chi connectivity index (χ2n) is 17.9. The number of pyridine rings is 1. The van der Waals surface area contributed by atoms with Gasteiger partial charge in [0.1, 0.15) is 40.7 Å². The maximum atomic E-state index is 15.5. The Kier molecular flexibility index (Phi) is 11.3. The van der Waals surface area contributed by atoms with E-state index < -0.39 is 6.04 Å². The Bertz CT molecular complexity index is 2700. The number of nitrogens with zero attached hydrogens (tertiary/aromatic N) is 11. The number of carbonyl (C=O) groups is 2. The third-order valence-corrected chi connectivity index (χ3v) is 14.4. The maximum Gasteiger partial charge on any atom is 0.249 e. The van der Waals surface area contributed by atoms with Gasteiger partial charge in [0, 0.05) is 78.8 Å². The maximum absolute atomic E-state index is 15.5. The number of carbonyl (C=O) groups excluding carboxylic acids is 2. The first kappa shape index (κ1) is 41.4. The molecule has 3 aliphatic heterocycles. The number of piperidine rings is 3. The molecule has 0 spiro atoms. The number of aromatic nitrogens is 8. The lowest BCUT2D eigenvalue weighted by Gasteiger charge is -2.41. The van der Waals surface area contributed by atoms with E-state index >= 15 is 4.39 Å². The molecular weight excluding hydrogens is 810 g/mol. The molecule has 0 radical (unpaired) electrons. The highest BCUT2D eigenvalue weighted by molar-refractivity contribution is 6.01. The number of fused-ring (bicyclic) bond motifs is 1. The van der Waals surface area contributed by atoms with Gasteiger partial charge >= 0.3 is 0 Å². The fraction of sp³-hybridized carbons (Fsp3) is 0.438. The molecule has 3 saturated heterocycles. The van der Waals surface area contributed by atoms with Crippen LogP contribution in [0.2, 0.25) is 0 Å². The molecule has 15 nitrogen and oxygen atoms in total. The number of nitrogens with one attached hydrogen (secondary N) is 2. The fourth-order valence-corrected chi connectivity index (χ4v) is 10.6. The molecule has 328 valence electrons. The van der Waals surface area contributed by atoms with E-state index in [4.69, 9.17) is 15.1 Å². The summed E-state index contributed by atoms with van der Waals surface area (Å²) in [5.74, 6) is 1.05. The van der Waals surface area contributed by atoms with Crippen molar-refractivity contribution in [2.45, 2.75) is 107 Å². The van der Waals surface area contributed by atoms with Gasteiger partial charge in [-0.05, 0) is 119 Å². The van der Waals surface area contributed by atoms with Crippen LogP contribution in [0.4, 0.5) is 15.9 Å². The minimum atomic E-state index is -0.547. The summed E-state index contributed by atoms with van der Waals surface area (Å²) in [6.45, 7) is 5.72. The van der Waals surface area contributed by atoms with Crippen LogP contribution in [0.1, 0.15) is 106 Å². The van der Waals surface area contributed by atoms with Gasteiger partial charge < -0.3 is 15.1 Å². The molecule has 1 aliphatic carbocycles. The highest BCUT2D eigenvalue weighted by Crippen LogP contribution is 2.41. The number of amides is 2. The van der Waals surface area contributed by atoms with E-state index in [1.807, 2.05) is 36.8 Å². The Morgan fingerprint density at radius 1 is 0.891 bits per heavy atom. The van der Waals surface area contributed by atoms with E-state index in [0.29, 0.717) is 34.9 Å². The number of rotatable bonds is 10. The Hall–Kier alpha value is -6.60. The van der Waals surface area contributed by atoms with Crippen molar-refractivity contribution in [1.29, 1.82) is 5.26 Å². The normalized spacial score (nSPS) is 22.0. The largest absolute Gasteiger partial charge is 0.374 e. The van der Waals surface area contributed by atoms with Crippen LogP contribution in [-0.4, -0.2) is 94.3 Å². The summed E-state index contributed by atoms with van der Waals surface area (Å²) in [4.78, 5) is 48.2. The first-order valence-electron chi connectivity index (χ1n) is 22.7. The molecule has 0 bridgehead atoms. The Labute approximate surface area is 371 Å². The van der Waals surface area contributed by atoms with E-state index in [1.54, 1.807) is 23.1 Å². The molecule has 2 amide bonds. The average molecular weight is 862 g/mol. The zero-order chi connectivity index (χ0) is 43.8. The van der Waals surface area contributed by atoms with Crippen LogP contribution in [0, 0.1) is 17.1 Å². The van der Waals surface area contributed by atoms with Gasteiger partial charge in [-0.2, -0.15) is 15.5 Å². The molecule has 16 heteroatoms. The predicted molar refractivity (Wildman–Crippen MR) is 239 cm³/mol. The van der Waals surface area contributed by atoms with E-state index in [9.17, 15) is 14.9 Å². The van der Waals surface area contributed by atoms with Crippen molar-refractivity contribution in [1.82, 2.24) is 49.5 Å². The summed E-state index contributed by atoms with van der Waals surface area (Å²) in [5, 5.41) is 24.8. The van der Waals surface area contributed by atoms with Crippen LogP contribution < -0.4 is 15.5 Å². The van der Waals surface area contributed by atoms with Crippen LogP contribution in [0.25, 0.3) is 28.0 Å². The van der Waals surface area contributed by atoms with Crippen LogP contribution in [-0.2, 0) is 15.0 Å². The van der Waals surface area contributed by atoms with Gasteiger partial charge in [0.05, 0.1) is 29.8 Å². The molecule has 1 saturated carbocycles. The molecule has 1 atom stereocenters. The predicted octanol–water partition coefficient (Wildman–Crippen LogP) is 6.98. The zero-order valence-corrected chi connectivity index (χ0v) is 36.0. The quantitative estimate of drug-likeness (QED) is 0.135. The molecule has 5 aromatic heterocycles. The molecule has 1 aromatic carbocycles. The number of hydrogen-bond donors (Lipinski definition) is 2. The zero-order valence-electron chi connectivity index (χ0n) is 36.0. The summed E-state index contributed by atoms with van der Waals surface area (Å²) in [7, 11) is 0. The highest BCUT2D eigenvalue weighted by Gasteiger charge is 2.38. The van der Waals surface area contributed by atoms with Crippen molar-refractivity contribution in [3.05, 3.63) is 103 Å². The van der Waals surface area contributed by atoms with E-state index in [0.717, 1.165) is 118 Å². The van der Waals surface area contributed by atoms with Crippen molar-refractivity contribution in [3.63, 3.8) is 0 Å². The SMILES string of the molecule is CCC1(c2ncccn2)CCN(c2ccc(-c3nccn4ncc(C#N)c34)c(-c3cnn(C4CCC(N5CCC(c6ccc(N[C@H]7CCC(=O)NC7=O)cc6F)CC5)CC4)c3)n2)CC1. The lowest BCUT2D eigenvalue weighted by Crippen LogP contribution is -2.47. The molecule has 8 heterocycles. The molecule has 64 heavy (non-hydrogen) atoms. The van der Waals surface area contributed by atoms with Crippen molar-refractivity contribution in [3.8, 4) is 28.6 Å². The monoisotopic (exact) mass is 861 g/mol. The number of anilines is 2.